The van der Waals surface area contributed by atoms with Gasteiger partial charge in [-0.05, 0) is 31.2 Å². The van der Waals surface area contributed by atoms with Crippen molar-refractivity contribution in [2.45, 2.75) is 18.6 Å². The number of thioether (sulfide) groups is 1. The van der Waals surface area contributed by atoms with Crippen LogP contribution in [-0.2, 0) is 16.1 Å². The molecule has 0 saturated heterocycles. The fourth-order valence-electron chi connectivity index (χ4n) is 1.91. The van der Waals surface area contributed by atoms with Gasteiger partial charge in [-0.15, -0.1) is 10.2 Å². The maximum absolute atomic E-state index is 9.10. The first-order valence-corrected chi connectivity index (χ1v) is 9.36. The number of nitrogens with one attached hydrogen (secondary N) is 1. The molecule has 0 saturated carbocycles. The van der Waals surface area contributed by atoms with E-state index in [0.717, 1.165) is 35.4 Å². The molecule has 1 heterocycles. The lowest BCUT2D eigenvalue weighted by atomic mass is 10.2. The Balaban J connectivity index is 0.000000527. The van der Waals surface area contributed by atoms with E-state index >= 15 is 0 Å². The number of nitrogens with zero attached hydrogens (tertiary/aromatic N) is 3. The molecule has 0 aliphatic carbocycles. The van der Waals surface area contributed by atoms with Crippen molar-refractivity contribution in [3.8, 4) is 11.4 Å². The summed E-state index contributed by atoms with van der Waals surface area (Å²) in [5.74, 6) is -1.90. The first-order chi connectivity index (χ1) is 12.9. The summed E-state index contributed by atoms with van der Waals surface area (Å²) in [7, 11) is 0. The van der Waals surface area contributed by atoms with Gasteiger partial charge in [0.15, 0.2) is 11.0 Å². The lowest BCUT2D eigenvalue weighted by molar-refractivity contribution is -0.159. The van der Waals surface area contributed by atoms with Gasteiger partial charge in [-0.1, -0.05) is 23.4 Å². The van der Waals surface area contributed by atoms with Crippen LogP contribution >= 0.6 is 23.4 Å². The van der Waals surface area contributed by atoms with E-state index in [1.165, 1.54) is 0 Å². The molecule has 1 aromatic carbocycles. The summed E-state index contributed by atoms with van der Waals surface area (Å²) < 4.78 is 2.10. The molecule has 27 heavy (non-hydrogen) atoms. The summed E-state index contributed by atoms with van der Waals surface area (Å²) in [6.07, 6.45) is 0. The molecule has 11 heteroatoms. The summed E-state index contributed by atoms with van der Waals surface area (Å²) in [5.41, 5.74) is 1.01. The minimum Gasteiger partial charge on any atom is -0.473 e. The Kier molecular flexibility index (Phi) is 10.4. The molecule has 148 valence electrons. The lowest BCUT2D eigenvalue weighted by Crippen LogP contribution is -2.20. The highest BCUT2D eigenvalue weighted by atomic mass is 35.5. The second kappa shape index (κ2) is 12.3. The van der Waals surface area contributed by atoms with Crippen molar-refractivity contribution in [1.82, 2.24) is 20.1 Å². The van der Waals surface area contributed by atoms with E-state index in [4.69, 9.17) is 36.5 Å². The van der Waals surface area contributed by atoms with Gasteiger partial charge in [-0.2, -0.15) is 0 Å². The fraction of sp³-hybridized carbons (Fsp3) is 0.375. The van der Waals surface area contributed by atoms with E-state index in [-0.39, 0.29) is 6.61 Å². The predicted octanol–water partition coefficient (Wildman–Crippen LogP) is 1.45. The average molecular weight is 417 g/mol. The number of hydrogen-bond donors (Lipinski definition) is 4. The highest BCUT2D eigenvalue weighted by molar-refractivity contribution is 7.99. The maximum Gasteiger partial charge on any atom is 0.414 e. The van der Waals surface area contributed by atoms with Crippen molar-refractivity contribution in [1.29, 1.82) is 0 Å². The molecule has 9 nitrogen and oxygen atoms in total. The van der Waals surface area contributed by atoms with Crippen molar-refractivity contribution >= 4 is 35.3 Å². The molecule has 0 atom stereocenters. The van der Waals surface area contributed by atoms with E-state index in [9.17, 15) is 0 Å². The molecule has 0 spiro atoms. The number of rotatable bonds is 8. The molecular formula is C16H21ClN4O5S. The van der Waals surface area contributed by atoms with Gasteiger partial charge in [-0.3, -0.25) is 0 Å². The monoisotopic (exact) mass is 416 g/mol. The van der Waals surface area contributed by atoms with Gasteiger partial charge in [0.2, 0.25) is 0 Å². The average Bonchev–Trinajstić information content (AvgIpc) is 3.05. The third-order valence-corrected chi connectivity index (χ3v) is 4.34. The number of aliphatic hydroxyl groups excluding tert-OH is 1. The smallest absolute Gasteiger partial charge is 0.414 e. The van der Waals surface area contributed by atoms with Gasteiger partial charge in [0.05, 0.1) is 6.61 Å². The molecule has 2 rings (SSSR count). The van der Waals surface area contributed by atoms with Crippen LogP contribution in [0, 0.1) is 0 Å². The Morgan fingerprint density at radius 2 is 1.78 bits per heavy atom. The van der Waals surface area contributed by atoms with Crippen LogP contribution in [-0.4, -0.2) is 67.5 Å². The van der Waals surface area contributed by atoms with Crippen LogP contribution in [0.15, 0.2) is 29.4 Å². The number of aromatic nitrogens is 3. The number of hydrogen-bond acceptors (Lipinski definition) is 7. The van der Waals surface area contributed by atoms with Crippen LogP contribution in [0.4, 0.5) is 0 Å². The van der Waals surface area contributed by atoms with Gasteiger partial charge in [0.1, 0.15) is 0 Å². The maximum atomic E-state index is 9.10. The number of aliphatic carboxylic acids is 2. The molecule has 0 bridgehead atoms. The minimum atomic E-state index is -1.82. The number of carboxylic acids is 2. The van der Waals surface area contributed by atoms with E-state index in [2.05, 4.69) is 27.0 Å². The molecular weight excluding hydrogens is 396 g/mol. The zero-order valence-corrected chi connectivity index (χ0v) is 16.2. The number of carboxylic acid groups (broad SMARTS) is 2. The molecule has 2 aromatic rings. The van der Waals surface area contributed by atoms with Crippen molar-refractivity contribution in [2.24, 2.45) is 0 Å². The number of aliphatic hydroxyl groups is 1. The van der Waals surface area contributed by atoms with Gasteiger partial charge < -0.3 is 25.2 Å². The number of halogens is 1. The normalized spacial score (nSPS) is 10.2. The Morgan fingerprint density at radius 1 is 1.15 bits per heavy atom. The summed E-state index contributed by atoms with van der Waals surface area (Å²) in [6.45, 7) is 4.51. The zero-order chi connectivity index (χ0) is 20.2. The second-order valence-corrected chi connectivity index (χ2v) is 6.49. The molecule has 0 aliphatic heterocycles. The summed E-state index contributed by atoms with van der Waals surface area (Å²) in [6, 6.07) is 7.62. The highest BCUT2D eigenvalue weighted by Gasteiger charge is 2.12. The van der Waals surface area contributed by atoms with Crippen LogP contribution in [0.1, 0.15) is 6.92 Å². The molecule has 1 aromatic heterocycles. The minimum absolute atomic E-state index is 0.163. The van der Waals surface area contributed by atoms with Crippen LogP contribution in [0.25, 0.3) is 11.4 Å². The third-order valence-electron chi connectivity index (χ3n) is 3.12. The zero-order valence-electron chi connectivity index (χ0n) is 14.6. The molecule has 0 amide bonds. The quantitative estimate of drug-likeness (QED) is 0.286. The van der Waals surface area contributed by atoms with Crippen LogP contribution < -0.4 is 5.32 Å². The largest absolute Gasteiger partial charge is 0.473 e. The fourth-order valence-corrected chi connectivity index (χ4v) is 2.94. The lowest BCUT2D eigenvalue weighted by Gasteiger charge is -2.07. The van der Waals surface area contributed by atoms with Crippen molar-refractivity contribution in [2.75, 3.05) is 25.4 Å². The Labute approximate surface area is 165 Å². The van der Waals surface area contributed by atoms with E-state index in [0.29, 0.717) is 11.6 Å². The van der Waals surface area contributed by atoms with E-state index in [1.807, 2.05) is 24.3 Å². The second-order valence-electron chi connectivity index (χ2n) is 4.99. The Morgan fingerprint density at radius 3 is 2.30 bits per heavy atom. The predicted molar refractivity (Wildman–Crippen MR) is 102 cm³/mol. The molecule has 4 N–H and O–H groups in total. The van der Waals surface area contributed by atoms with E-state index in [1.54, 1.807) is 11.8 Å². The van der Waals surface area contributed by atoms with Crippen molar-refractivity contribution in [3.63, 3.8) is 0 Å². The SMILES string of the molecule is CCn1c(SCCNCCO)nnc1-c1ccc(Cl)cc1.O=C(O)C(=O)O. The summed E-state index contributed by atoms with van der Waals surface area (Å²) >= 11 is 7.58. The van der Waals surface area contributed by atoms with Gasteiger partial charge in [0.25, 0.3) is 0 Å². The molecule has 0 aliphatic rings. The summed E-state index contributed by atoms with van der Waals surface area (Å²) in [4.78, 5) is 18.2. The first kappa shape index (κ1) is 22.9. The Bertz CT molecular complexity index is 727. The van der Waals surface area contributed by atoms with Gasteiger partial charge >= 0.3 is 11.9 Å². The van der Waals surface area contributed by atoms with E-state index < -0.39 is 11.9 Å². The van der Waals surface area contributed by atoms with Crippen molar-refractivity contribution < 1.29 is 24.9 Å². The van der Waals surface area contributed by atoms with Crippen LogP contribution in [0.5, 0.6) is 0 Å². The van der Waals surface area contributed by atoms with Gasteiger partial charge in [0, 0.05) is 36.0 Å². The molecule has 0 radical (unpaired) electrons. The first-order valence-electron chi connectivity index (χ1n) is 8.00. The Hall–Kier alpha value is -2.14. The molecule has 0 fully saturated rings. The van der Waals surface area contributed by atoms with Crippen LogP contribution in [0.3, 0.4) is 0 Å². The summed E-state index contributed by atoms with van der Waals surface area (Å²) in [5, 5.41) is 36.8. The van der Waals surface area contributed by atoms with Crippen LogP contribution in [0.2, 0.25) is 5.02 Å². The van der Waals surface area contributed by atoms with Crippen molar-refractivity contribution in [3.05, 3.63) is 29.3 Å². The topological polar surface area (TPSA) is 138 Å². The molecule has 0 unspecified atom stereocenters. The third kappa shape index (κ3) is 7.95. The number of carbonyl (C=O) groups is 2. The highest BCUT2D eigenvalue weighted by Crippen LogP contribution is 2.24. The standard InChI is InChI=1S/C14H19ClN4OS.C2H2O4/c1-2-19-13(11-3-5-12(15)6-4-11)17-18-14(19)21-10-8-16-7-9-20;3-1(4)2(5)6/h3-6,16,20H,2,7-10H2,1H3;(H,3,4)(H,5,6). The number of benzene rings is 1. The van der Waals surface area contributed by atoms with Gasteiger partial charge in [-0.25, -0.2) is 9.59 Å².